The molecule has 0 aliphatic rings. The number of nitrogens with zero attached hydrogens (tertiary/aromatic N) is 1. The highest BCUT2D eigenvalue weighted by Gasteiger charge is 2.27. The van der Waals surface area contributed by atoms with Gasteiger partial charge in [-0.1, -0.05) is 284 Å². The van der Waals surface area contributed by atoms with E-state index in [4.69, 9.17) is 18.5 Å². The van der Waals surface area contributed by atoms with Gasteiger partial charge >= 0.3 is 19.8 Å². The Labute approximate surface area is 423 Å². The van der Waals surface area contributed by atoms with Gasteiger partial charge in [-0.15, -0.1) is 0 Å². The average Bonchev–Trinajstić information content (AvgIpc) is 3.30. The molecule has 1 N–H and O–H groups in total. The number of quaternary nitrogens is 1. The predicted molar refractivity (Wildman–Crippen MR) is 289 cm³/mol. The molecule has 0 aliphatic carbocycles. The number of carbonyl (C=O) groups is 2. The lowest BCUT2D eigenvalue weighted by Gasteiger charge is -2.24. The molecule has 0 saturated heterocycles. The van der Waals surface area contributed by atoms with Crippen LogP contribution in [0.3, 0.4) is 0 Å². The van der Waals surface area contributed by atoms with Gasteiger partial charge < -0.3 is 18.9 Å². The molecule has 0 radical (unpaired) electrons. The summed E-state index contributed by atoms with van der Waals surface area (Å²) in [5, 5.41) is 0. The van der Waals surface area contributed by atoms with Crippen LogP contribution in [0.15, 0.2) is 0 Å². The normalized spacial score (nSPS) is 13.2. The van der Waals surface area contributed by atoms with Gasteiger partial charge in [-0.2, -0.15) is 0 Å². The van der Waals surface area contributed by atoms with Crippen LogP contribution in [0.5, 0.6) is 0 Å². The maximum absolute atomic E-state index is 12.8. The van der Waals surface area contributed by atoms with Crippen LogP contribution in [-0.2, 0) is 32.7 Å². The smallest absolute Gasteiger partial charge is 0.462 e. The molecule has 0 aromatic heterocycles. The summed E-state index contributed by atoms with van der Waals surface area (Å²) < 4.78 is 34.6. The second kappa shape index (κ2) is 50.9. The quantitative estimate of drug-likeness (QED) is 0.0278. The lowest BCUT2D eigenvalue weighted by atomic mass is 10.0. The second-order valence-electron chi connectivity index (χ2n) is 21.8. The van der Waals surface area contributed by atoms with Crippen LogP contribution >= 0.6 is 7.82 Å². The molecule has 0 aromatic carbocycles. The van der Waals surface area contributed by atoms with Crippen LogP contribution in [0.4, 0.5) is 0 Å². The Morgan fingerprint density at radius 3 is 0.941 bits per heavy atom. The summed E-state index contributed by atoms with van der Waals surface area (Å²) in [6.45, 7) is 4.51. The molecule has 406 valence electrons. The van der Waals surface area contributed by atoms with Crippen molar-refractivity contribution in [1.82, 2.24) is 0 Å². The van der Waals surface area contributed by atoms with E-state index >= 15 is 0 Å². The summed E-state index contributed by atoms with van der Waals surface area (Å²) in [5.74, 6) is -0.772. The first-order valence-electron chi connectivity index (χ1n) is 29.8. The molecule has 0 bridgehead atoms. The Hall–Kier alpha value is -0.990. The van der Waals surface area contributed by atoms with Gasteiger partial charge in [0.15, 0.2) is 6.10 Å². The van der Waals surface area contributed by atoms with Crippen molar-refractivity contribution >= 4 is 19.8 Å². The van der Waals surface area contributed by atoms with E-state index in [0.29, 0.717) is 17.4 Å². The molecule has 0 rings (SSSR count). The Morgan fingerprint density at radius 2 is 0.662 bits per heavy atom. The average molecular weight is 988 g/mol. The number of phosphoric ester groups is 1. The number of rotatable bonds is 56. The molecule has 2 atom stereocenters. The Bertz CT molecular complexity index is 1120. The molecule has 10 heteroatoms. The van der Waals surface area contributed by atoms with Gasteiger partial charge in [0.05, 0.1) is 27.7 Å². The van der Waals surface area contributed by atoms with E-state index in [1.54, 1.807) is 0 Å². The monoisotopic (exact) mass is 987 g/mol. The molecule has 0 heterocycles. The van der Waals surface area contributed by atoms with Gasteiger partial charge in [0, 0.05) is 12.8 Å². The van der Waals surface area contributed by atoms with Crippen LogP contribution in [0.2, 0.25) is 0 Å². The molecule has 0 aromatic rings. The molecule has 68 heavy (non-hydrogen) atoms. The Morgan fingerprint density at radius 1 is 0.397 bits per heavy atom. The first kappa shape index (κ1) is 67.0. The first-order chi connectivity index (χ1) is 33.0. The van der Waals surface area contributed by atoms with Crippen LogP contribution < -0.4 is 0 Å². The number of esters is 2. The minimum Gasteiger partial charge on any atom is -0.462 e. The predicted octanol–water partition coefficient (Wildman–Crippen LogP) is 18.3. The molecule has 0 spiro atoms. The molecular formula is C58H117NO8P+. The minimum absolute atomic E-state index is 0.0375. The van der Waals surface area contributed by atoms with Gasteiger partial charge in [-0.05, 0) is 12.8 Å². The van der Waals surface area contributed by atoms with Gasteiger partial charge in [0.2, 0.25) is 0 Å². The van der Waals surface area contributed by atoms with Crippen molar-refractivity contribution in [3.05, 3.63) is 0 Å². The zero-order valence-electron chi connectivity index (χ0n) is 46.1. The molecule has 0 aliphatic heterocycles. The Kier molecular flexibility index (Phi) is 50.2. The standard InChI is InChI=1S/C58H116NO8P/c1-6-8-10-12-14-16-18-20-22-24-26-28-29-31-32-34-36-38-40-42-44-46-48-50-57(60)64-54-56(55-66-68(62,63)65-53-52-59(3,4)5)67-58(61)51-49-47-45-43-41-39-37-35-33-30-27-25-23-21-19-17-15-13-11-9-7-2/h56H,6-55H2,1-5H3/p+1/t56-/m1/s1. The molecule has 0 fully saturated rings. The number of ether oxygens (including phenoxy) is 2. The third kappa shape index (κ3) is 54.3. The highest BCUT2D eigenvalue weighted by Crippen LogP contribution is 2.43. The lowest BCUT2D eigenvalue weighted by Crippen LogP contribution is -2.37. The van der Waals surface area contributed by atoms with Crippen molar-refractivity contribution in [3.8, 4) is 0 Å². The fraction of sp³-hybridized carbons (Fsp3) is 0.966. The van der Waals surface area contributed by atoms with Crippen molar-refractivity contribution in [1.29, 1.82) is 0 Å². The summed E-state index contributed by atoms with van der Waals surface area (Å²) >= 11 is 0. The summed E-state index contributed by atoms with van der Waals surface area (Å²) in [5.41, 5.74) is 0. The van der Waals surface area contributed by atoms with Crippen LogP contribution in [0.1, 0.15) is 309 Å². The molecule has 0 amide bonds. The van der Waals surface area contributed by atoms with Gasteiger partial charge in [0.1, 0.15) is 19.8 Å². The largest absolute Gasteiger partial charge is 0.472 e. The molecule has 9 nitrogen and oxygen atoms in total. The zero-order chi connectivity index (χ0) is 49.9. The number of carbonyl (C=O) groups excluding carboxylic acids is 2. The lowest BCUT2D eigenvalue weighted by molar-refractivity contribution is -0.870. The zero-order valence-corrected chi connectivity index (χ0v) is 47.0. The second-order valence-corrected chi connectivity index (χ2v) is 23.2. The highest BCUT2D eigenvalue weighted by molar-refractivity contribution is 7.47. The van der Waals surface area contributed by atoms with Gasteiger partial charge in [-0.25, -0.2) is 4.57 Å². The van der Waals surface area contributed by atoms with Crippen molar-refractivity contribution < 1.29 is 42.1 Å². The Balaban J connectivity index is 4.09. The van der Waals surface area contributed by atoms with Crippen LogP contribution in [-0.4, -0.2) is 74.9 Å². The molecule has 0 saturated carbocycles. The number of likely N-dealkylation sites (N-methyl/N-ethyl adjacent to an activating group) is 1. The molecular weight excluding hydrogens is 870 g/mol. The fourth-order valence-electron chi connectivity index (χ4n) is 9.02. The third-order valence-corrected chi connectivity index (χ3v) is 14.6. The van der Waals surface area contributed by atoms with E-state index in [2.05, 4.69) is 13.8 Å². The van der Waals surface area contributed by atoms with Crippen LogP contribution in [0.25, 0.3) is 0 Å². The van der Waals surface area contributed by atoms with Gasteiger partial charge in [-0.3, -0.25) is 18.6 Å². The van der Waals surface area contributed by atoms with E-state index in [0.717, 1.165) is 38.5 Å². The number of hydrogen-bond acceptors (Lipinski definition) is 7. The molecule has 1 unspecified atom stereocenters. The van der Waals surface area contributed by atoms with Crippen molar-refractivity contribution in [2.75, 3.05) is 47.5 Å². The van der Waals surface area contributed by atoms with E-state index < -0.39 is 26.5 Å². The number of hydrogen-bond donors (Lipinski definition) is 1. The third-order valence-electron chi connectivity index (χ3n) is 13.6. The van der Waals surface area contributed by atoms with E-state index in [1.165, 1.54) is 244 Å². The first-order valence-corrected chi connectivity index (χ1v) is 31.3. The number of unbranched alkanes of at least 4 members (excludes halogenated alkanes) is 42. The SMILES string of the molecule is CCCCCCCCCCCCCCCCCCCCCCCCCC(=O)OC[C@H](COP(=O)(O)OCC[N+](C)(C)C)OC(=O)CCCCCCCCCCCCCCCCCCCCCCC. The summed E-state index contributed by atoms with van der Waals surface area (Å²) in [4.78, 5) is 35.7. The van der Waals surface area contributed by atoms with Crippen molar-refractivity contribution in [2.45, 2.75) is 315 Å². The van der Waals surface area contributed by atoms with Crippen molar-refractivity contribution in [3.63, 3.8) is 0 Å². The van der Waals surface area contributed by atoms with E-state index in [1.807, 2.05) is 21.1 Å². The fourth-order valence-corrected chi connectivity index (χ4v) is 9.76. The van der Waals surface area contributed by atoms with E-state index in [9.17, 15) is 19.0 Å². The maximum Gasteiger partial charge on any atom is 0.472 e. The maximum atomic E-state index is 12.8. The van der Waals surface area contributed by atoms with E-state index in [-0.39, 0.29) is 25.6 Å². The van der Waals surface area contributed by atoms with Gasteiger partial charge in [0.25, 0.3) is 0 Å². The minimum atomic E-state index is -4.38. The summed E-state index contributed by atoms with van der Waals surface area (Å²) in [6.07, 6.45) is 57.4. The topological polar surface area (TPSA) is 108 Å². The highest BCUT2D eigenvalue weighted by atomic mass is 31.2. The number of phosphoric acid groups is 1. The van der Waals surface area contributed by atoms with Crippen molar-refractivity contribution in [2.24, 2.45) is 0 Å². The summed E-state index contributed by atoms with van der Waals surface area (Å²) in [7, 11) is 1.50. The van der Waals surface area contributed by atoms with Crippen LogP contribution in [0, 0.1) is 0 Å². The summed E-state index contributed by atoms with van der Waals surface area (Å²) in [6, 6.07) is 0.